The fourth-order valence-corrected chi connectivity index (χ4v) is 4.65. The molecule has 1 aromatic heterocycles. The molecule has 0 aromatic carbocycles. The van der Waals surface area contributed by atoms with Crippen LogP contribution in [0, 0.1) is 11.8 Å². The number of rotatable bonds is 4. The topological polar surface area (TPSA) is 59.4 Å². The Morgan fingerprint density at radius 3 is 2.92 bits per heavy atom. The highest BCUT2D eigenvalue weighted by Gasteiger charge is 2.44. The molecule has 2 saturated heterocycles. The van der Waals surface area contributed by atoms with Crippen LogP contribution in [0.1, 0.15) is 37.7 Å². The molecule has 0 unspecified atom stereocenters. The van der Waals surface area contributed by atoms with Gasteiger partial charge in [0.1, 0.15) is 0 Å². The molecule has 1 aromatic rings. The van der Waals surface area contributed by atoms with Crippen molar-refractivity contribution in [1.29, 1.82) is 0 Å². The van der Waals surface area contributed by atoms with Gasteiger partial charge in [0.15, 0.2) is 0 Å². The lowest BCUT2D eigenvalue weighted by Gasteiger charge is -2.39. The molecular formula is C18H28N4O2. The summed E-state index contributed by atoms with van der Waals surface area (Å²) in [4.78, 5) is 15.3. The summed E-state index contributed by atoms with van der Waals surface area (Å²) in [6.07, 6.45) is 9.97. The van der Waals surface area contributed by atoms with E-state index >= 15 is 0 Å². The fourth-order valence-electron chi connectivity index (χ4n) is 4.65. The second-order valence-electron chi connectivity index (χ2n) is 7.67. The maximum atomic E-state index is 12.9. The van der Waals surface area contributed by atoms with Gasteiger partial charge in [-0.3, -0.25) is 14.4 Å². The Hall–Kier alpha value is -1.40. The highest BCUT2D eigenvalue weighted by Crippen LogP contribution is 2.34. The maximum Gasteiger partial charge on any atom is 0.225 e. The minimum atomic E-state index is 0.0588. The predicted octanol–water partition coefficient (Wildman–Crippen LogP) is 1.32. The van der Waals surface area contributed by atoms with E-state index in [1.54, 1.807) is 0 Å². The van der Waals surface area contributed by atoms with Crippen molar-refractivity contribution in [3.8, 4) is 0 Å². The lowest BCUT2D eigenvalue weighted by atomic mass is 9.82. The minimum Gasteiger partial charge on any atom is -0.377 e. The Bertz CT molecular complexity index is 581. The fraction of sp³-hybridized carbons (Fsp3) is 0.778. The van der Waals surface area contributed by atoms with Crippen molar-refractivity contribution in [1.82, 2.24) is 20.0 Å². The first-order valence-electron chi connectivity index (χ1n) is 9.31. The highest BCUT2D eigenvalue weighted by molar-refractivity contribution is 5.79. The van der Waals surface area contributed by atoms with Crippen molar-refractivity contribution < 1.29 is 9.53 Å². The molecule has 0 radical (unpaired) electrons. The number of carbonyl (C=O) groups excluding carboxylic acids is 1. The molecule has 1 aliphatic carbocycles. The third-order valence-electron chi connectivity index (χ3n) is 5.87. The minimum absolute atomic E-state index is 0.0588. The van der Waals surface area contributed by atoms with Crippen molar-refractivity contribution in [2.24, 2.45) is 18.9 Å². The molecule has 3 heterocycles. The van der Waals surface area contributed by atoms with Crippen LogP contribution in [0.25, 0.3) is 0 Å². The number of carbonyl (C=O) groups is 1. The van der Waals surface area contributed by atoms with E-state index in [0.29, 0.717) is 12.0 Å². The summed E-state index contributed by atoms with van der Waals surface area (Å²) in [7, 11) is 1.94. The zero-order valence-electron chi connectivity index (χ0n) is 14.5. The number of aromatic nitrogens is 2. The molecule has 1 saturated carbocycles. The summed E-state index contributed by atoms with van der Waals surface area (Å²) in [5, 5.41) is 7.56. The quantitative estimate of drug-likeness (QED) is 0.903. The zero-order valence-corrected chi connectivity index (χ0v) is 14.5. The molecule has 2 aliphatic heterocycles. The van der Waals surface area contributed by atoms with Gasteiger partial charge in [-0.25, -0.2) is 0 Å². The predicted molar refractivity (Wildman–Crippen MR) is 90.2 cm³/mol. The first-order valence-corrected chi connectivity index (χ1v) is 9.31. The molecule has 1 N–H and O–H groups in total. The van der Waals surface area contributed by atoms with Crippen molar-refractivity contribution >= 4 is 5.91 Å². The monoisotopic (exact) mass is 332 g/mol. The van der Waals surface area contributed by atoms with Crippen LogP contribution in [-0.4, -0.2) is 52.4 Å². The second-order valence-corrected chi connectivity index (χ2v) is 7.67. The van der Waals surface area contributed by atoms with Gasteiger partial charge in [0.2, 0.25) is 5.91 Å². The van der Waals surface area contributed by atoms with Crippen LogP contribution in [0.4, 0.5) is 0 Å². The molecule has 3 atom stereocenters. The van der Waals surface area contributed by atoms with Gasteiger partial charge in [0.05, 0.1) is 18.2 Å². The largest absolute Gasteiger partial charge is 0.377 e. The van der Waals surface area contributed by atoms with Gasteiger partial charge in [0, 0.05) is 57.0 Å². The summed E-state index contributed by atoms with van der Waals surface area (Å²) in [6, 6.07) is 0.395. The van der Waals surface area contributed by atoms with Gasteiger partial charge in [-0.15, -0.1) is 0 Å². The lowest BCUT2D eigenvalue weighted by molar-refractivity contribution is -0.132. The summed E-state index contributed by atoms with van der Waals surface area (Å²) in [5.41, 5.74) is 1.20. The molecule has 0 spiro atoms. The van der Waals surface area contributed by atoms with Gasteiger partial charge in [-0.2, -0.15) is 5.10 Å². The Morgan fingerprint density at radius 1 is 1.33 bits per heavy atom. The van der Waals surface area contributed by atoms with E-state index in [0.717, 1.165) is 45.5 Å². The number of fused-ring (bicyclic) bond motifs is 1. The van der Waals surface area contributed by atoms with Gasteiger partial charge < -0.3 is 10.1 Å². The molecule has 0 bridgehead atoms. The van der Waals surface area contributed by atoms with Crippen molar-refractivity contribution in [2.45, 2.75) is 50.8 Å². The van der Waals surface area contributed by atoms with Crippen LogP contribution in [0.5, 0.6) is 0 Å². The summed E-state index contributed by atoms with van der Waals surface area (Å²) in [5.74, 6) is 0.693. The first kappa shape index (κ1) is 16.1. The average molecular weight is 332 g/mol. The second kappa shape index (κ2) is 6.84. The van der Waals surface area contributed by atoms with E-state index < -0.39 is 0 Å². The van der Waals surface area contributed by atoms with E-state index in [1.807, 2.05) is 17.9 Å². The van der Waals surface area contributed by atoms with Crippen LogP contribution in [0.3, 0.4) is 0 Å². The van der Waals surface area contributed by atoms with Crippen LogP contribution < -0.4 is 5.32 Å². The number of hydrogen-bond donors (Lipinski definition) is 1. The van der Waals surface area contributed by atoms with Crippen molar-refractivity contribution in [3.63, 3.8) is 0 Å². The molecule has 6 nitrogen and oxygen atoms in total. The van der Waals surface area contributed by atoms with E-state index in [2.05, 4.69) is 21.5 Å². The number of ether oxygens (including phenoxy) is 1. The third kappa shape index (κ3) is 3.35. The maximum absolute atomic E-state index is 12.9. The molecule has 3 aliphatic rings. The van der Waals surface area contributed by atoms with E-state index in [1.165, 1.54) is 18.4 Å². The molecule has 24 heavy (non-hydrogen) atoms. The third-order valence-corrected chi connectivity index (χ3v) is 5.87. The molecule has 4 rings (SSSR count). The van der Waals surface area contributed by atoms with Crippen molar-refractivity contribution in [2.75, 3.05) is 19.7 Å². The number of hydrogen-bond acceptors (Lipinski definition) is 4. The highest BCUT2D eigenvalue weighted by atomic mass is 16.5. The first-order chi connectivity index (χ1) is 11.7. The van der Waals surface area contributed by atoms with Crippen molar-refractivity contribution in [3.05, 3.63) is 18.0 Å². The van der Waals surface area contributed by atoms with Crippen LogP contribution in [-0.2, 0) is 23.1 Å². The molecular weight excluding hydrogens is 304 g/mol. The average Bonchev–Trinajstić information content (AvgIpc) is 3.28. The standard InChI is InChI=1S/C18H28N4O2/c1-21-9-13(8-19-21)10-22-11-16(15-6-7-24-17(15)12-22)18(23)20-14-4-2-3-5-14/h8-9,14-17H,2-7,10-12H2,1H3,(H,20,23)/t15-,16+,17+/m1/s1. The Labute approximate surface area is 143 Å². The van der Waals surface area contributed by atoms with Gasteiger partial charge >= 0.3 is 0 Å². The number of piperidine rings is 1. The van der Waals surface area contributed by atoms with Crippen LogP contribution in [0.15, 0.2) is 12.4 Å². The molecule has 132 valence electrons. The number of amides is 1. The molecule has 3 fully saturated rings. The summed E-state index contributed by atoms with van der Waals surface area (Å²) >= 11 is 0. The zero-order chi connectivity index (χ0) is 16.5. The number of nitrogens with one attached hydrogen (secondary N) is 1. The Kier molecular flexibility index (Phi) is 4.59. The van der Waals surface area contributed by atoms with Gasteiger partial charge in [-0.05, 0) is 19.3 Å². The van der Waals surface area contributed by atoms with E-state index in [4.69, 9.17) is 4.74 Å². The Morgan fingerprint density at radius 2 is 2.17 bits per heavy atom. The SMILES string of the molecule is Cn1cc(CN2C[C@@H]3OCC[C@@H]3[C@@H](C(=O)NC3CCCC3)C2)cn1. The molecule has 1 amide bonds. The van der Waals surface area contributed by atoms with E-state index in [-0.39, 0.29) is 17.9 Å². The van der Waals surface area contributed by atoms with Gasteiger partial charge in [0.25, 0.3) is 0 Å². The Balaban J connectivity index is 1.43. The van der Waals surface area contributed by atoms with Gasteiger partial charge in [-0.1, -0.05) is 12.8 Å². The smallest absolute Gasteiger partial charge is 0.225 e. The summed E-state index contributed by atoms with van der Waals surface area (Å²) in [6.45, 7) is 3.39. The number of nitrogens with zero attached hydrogens (tertiary/aromatic N) is 3. The number of likely N-dealkylation sites (tertiary alicyclic amines) is 1. The number of aryl methyl sites for hydroxylation is 1. The van der Waals surface area contributed by atoms with Crippen LogP contribution in [0.2, 0.25) is 0 Å². The lowest BCUT2D eigenvalue weighted by Crippen LogP contribution is -2.53. The summed E-state index contributed by atoms with van der Waals surface area (Å²) < 4.78 is 7.77. The normalized spacial score (nSPS) is 31.3. The molecule has 6 heteroatoms. The van der Waals surface area contributed by atoms with E-state index in [9.17, 15) is 4.79 Å². The van der Waals surface area contributed by atoms with Crippen LogP contribution >= 0.6 is 0 Å².